The lowest BCUT2D eigenvalue weighted by atomic mass is 10.2. The molecule has 4 rings (SSSR count). The van der Waals surface area contributed by atoms with E-state index in [0.29, 0.717) is 28.4 Å². The highest BCUT2D eigenvalue weighted by molar-refractivity contribution is 6.31. The fraction of sp³-hybridized carbons (Fsp3) is 0.160. The van der Waals surface area contributed by atoms with Gasteiger partial charge in [0, 0.05) is 17.1 Å². The van der Waals surface area contributed by atoms with Gasteiger partial charge >= 0.3 is 5.56 Å². The summed E-state index contributed by atoms with van der Waals surface area (Å²) in [5.74, 6) is 0.131. The van der Waals surface area contributed by atoms with Crippen molar-refractivity contribution < 1.29 is 14.3 Å². The molecule has 0 spiro atoms. The molecule has 3 aromatic carbocycles. The van der Waals surface area contributed by atoms with E-state index in [1.807, 2.05) is 54.6 Å². The molecule has 1 heterocycles. The smallest absolute Gasteiger partial charge is 0.314 e. The number of nitrogens with zero attached hydrogens (tertiary/aromatic N) is 2. The van der Waals surface area contributed by atoms with Crippen LogP contribution in [0.3, 0.4) is 0 Å². The average molecular weight is 464 g/mol. The summed E-state index contributed by atoms with van der Waals surface area (Å²) in [6.45, 7) is 0.247. The zero-order valence-corrected chi connectivity index (χ0v) is 18.7. The average Bonchev–Trinajstić information content (AvgIpc) is 2.84. The maximum atomic E-state index is 13.1. The van der Waals surface area contributed by atoms with Crippen molar-refractivity contribution in [1.82, 2.24) is 14.9 Å². The van der Waals surface area contributed by atoms with Gasteiger partial charge in [-0.1, -0.05) is 60.1 Å². The molecule has 0 bridgehead atoms. The van der Waals surface area contributed by atoms with Crippen LogP contribution in [0.5, 0.6) is 11.6 Å². The minimum Gasteiger partial charge on any atom is -0.496 e. The van der Waals surface area contributed by atoms with Gasteiger partial charge in [0.1, 0.15) is 5.75 Å². The number of halogens is 1. The molecule has 8 heteroatoms. The number of hydrogen-bond acceptors (Lipinski definition) is 5. The Morgan fingerprint density at radius 1 is 1.06 bits per heavy atom. The van der Waals surface area contributed by atoms with E-state index in [1.165, 1.54) is 0 Å². The molecule has 1 N–H and O–H groups in total. The highest BCUT2D eigenvalue weighted by Gasteiger charge is 2.15. The van der Waals surface area contributed by atoms with E-state index in [0.717, 1.165) is 11.1 Å². The number of nitrogens with one attached hydrogen (secondary N) is 1. The predicted octanol–water partition coefficient (Wildman–Crippen LogP) is 3.80. The molecule has 4 aromatic rings. The first-order chi connectivity index (χ1) is 16.0. The van der Waals surface area contributed by atoms with Crippen molar-refractivity contribution in [3.05, 3.63) is 99.3 Å². The van der Waals surface area contributed by atoms with Gasteiger partial charge in [0.15, 0.2) is 6.61 Å². The van der Waals surface area contributed by atoms with E-state index in [1.54, 1.807) is 29.9 Å². The Kier molecular flexibility index (Phi) is 6.90. The molecule has 0 atom stereocenters. The van der Waals surface area contributed by atoms with Gasteiger partial charge in [-0.25, -0.2) is 4.98 Å². The standard InChI is InChI=1S/C25H22ClN3O4/c1-32-22-10-6-5-9-18(22)14-27-23(30)16-33-24-25(31)29(15-17-7-3-2-4-8-17)21-12-11-19(26)13-20(21)28-24/h2-13H,14-16H2,1H3,(H,27,30). The van der Waals surface area contributed by atoms with Crippen LogP contribution in [-0.2, 0) is 17.9 Å². The first-order valence-electron chi connectivity index (χ1n) is 10.3. The maximum Gasteiger partial charge on any atom is 0.314 e. The SMILES string of the molecule is COc1ccccc1CNC(=O)COc1nc2cc(Cl)ccc2n(Cc2ccccc2)c1=O. The number of para-hydroxylation sites is 1. The van der Waals surface area contributed by atoms with Crippen molar-refractivity contribution in [2.24, 2.45) is 0 Å². The van der Waals surface area contributed by atoms with Crippen LogP contribution in [0.25, 0.3) is 11.0 Å². The second-order valence-electron chi connectivity index (χ2n) is 7.30. The normalized spacial score (nSPS) is 10.7. The van der Waals surface area contributed by atoms with E-state index in [2.05, 4.69) is 10.3 Å². The van der Waals surface area contributed by atoms with Crippen molar-refractivity contribution >= 4 is 28.5 Å². The molecule has 0 saturated carbocycles. The lowest BCUT2D eigenvalue weighted by Crippen LogP contribution is -2.31. The summed E-state index contributed by atoms with van der Waals surface area (Å²) in [6, 6.07) is 22.1. The van der Waals surface area contributed by atoms with Crippen LogP contribution in [0.1, 0.15) is 11.1 Å². The largest absolute Gasteiger partial charge is 0.496 e. The van der Waals surface area contributed by atoms with E-state index in [9.17, 15) is 9.59 Å². The zero-order chi connectivity index (χ0) is 23.2. The number of methoxy groups -OCH3 is 1. The summed E-state index contributed by atoms with van der Waals surface area (Å²) < 4.78 is 12.4. The van der Waals surface area contributed by atoms with Gasteiger partial charge in [0.25, 0.3) is 11.8 Å². The van der Waals surface area contributed by atoms with Crippen molar-refractivity contribution in [1.29, 1.82) is 0 Å². The number of fused-ring (bicyclic) bond motifs is 1. The van der Waals surface area contributed by atoms with Gasteiger partial charge < -0.3 is 14.8 Å². The molecule has 0 unspecified atom stereocenters. The number of carbonyl (C=O) groups excluding carboxylic acids is 1. The number of ether oxygens (including phenoxy) is 2. The van der Waals surface area contributed by atoms with Crippen LogP contribution >= 0.6 is 11.6 Å². The second kappa shape index (κ2) is 10.2. The van der Waals surface area contributed by atoms with Gasteiger partial charge in [0.2, 0.25) is 0 Å². The van der Waals surface area contributed by atoms with Crippen LogP contribution in [-0.4, -0.2) is 29.2 Å². The molecule has 168 valence electrons. The molecule has 33 heavy (non-hydrogen) atoms. The molecule has 0 aliphatic carbocycles. The highest BCUT2D eigenvalue weighted by atomic mass is 35.5. The number of rotatable bonds is 8. The Hall–Kier alpha value is -3.84. The molecule has 0 radical (unpaired) electrons. The van der Waals surface area contributed by atoms with Crippen LogP contribution < -0.4 is 20.3 Å². The predicted molar refractivity (Wildman–Crippen MR) is 127 cm³/mol. The number of hydrogen-bond donors (Lipinski definition) is 1. The summed E-state index contributed by atoms with van der Waals surface area (Å²) in [6.07, 6.45) is 0. The van der Waals surface area contributed by atoms with Crippen LogP contribution in [0, 0.1) is 0 Å². The number of benzene rings is 3. The topological polar surface area (TPSA) is 82.4 Å². The van der Waals surface area contributed by atoms with E-state index >= 15 is 0 Å². The molecular weight excluding hydrogens is 442 g/mol. The summed E-state index contributed by atoms with van der Waals surface area (Å²) >= 11 is 6.13. The third-order valence-corrected chi connectivity index (χ3v) is 5.31. The first kappa shape index (κ1) is 22.4. The molecule has 1 aromatic heterocycles. The monoisotopic (exact) mass is 463 g/mol. The molecule has 1 amide bonds. The van der Waals surface area contributed by atoms with Crippen molar-refractivity contribution in [2.45, 2.75) is 13.1 Å². The van der Waals surface area contributed by atoms with Crippen molar-refractivity contribution in [3.63, 3.8) is 0 Å². The summed E-state index contributed by atoms with van der Waals surface area (Å²) in [7, 11) is 1.57. The molecule has 0 saturated heterocycles. The summed E-state index contributed by atoms with van der Waals surface area (Å²) in [5, 5.41) is 3.25. The molecule has 7 nitrogen and oxygen atoms in total. The highest BCUT2D eigenvalue weighted by Crippen LogP contribution is 2.20. The van der Waals surface area contributed by atoms with Gasteiger partial charge in [-0.3, -0.25) is 14.2 Å². The molecular formula is C25H22ClN3O4. The molecule has 0 aliphatic rings. The third-order valence-electron chi connectivity index (χ3n) is 5.07. The molecule has 0 aliphatic heterocycles. The lowest BCUT2D eigenvalue weighted by Gasteiger charge is -2.13. The lowest BCUT2D eigenvalue weighted by molar-refractivity contribution is -0.123. The van der Waals surface area contributed by atoms with Gasteiger partial charge in [-0.15, -0.1) is 0 Å². The van der Waals surface area contributed by atoms with Crippen LogP contribution in [0.4, 0.5) is 0 Å². The maximum absolute atomic E-state index is 13.1. The van der Waals surface area contributed by atoms with E-state index < -0.39 is 5.56 Å². The van der Waals surface area contributed by atoms with Gasteiger partial charge in [0.05, 0.1) is 24.7 Å². The number of aromatic nitrogens is 2. The molecule has 0 fully saturated rings. The van der Waals surface area contributed by atoms with Crippen LogP contribution in [0.15, 0.2) is 77.6 Å². The minimum absolute atomic E-state index is 0.159. The Balaban J connectivity index is 1.54. The summed E-state index contributed by atoms with van der Waals surface area (Å²) in [4.78, 5) is 29.8. The zero-order valence-electron chi connectivity index (χ0n) is 18.0. The van der Waals surface area contributed by atoms with E-state index in [-0.39, 0.29) is 24.9 Å². The third kappa shape index (κ3) is 5.32. The van der Waals surface area contributed by atoms with E-state index in [4.69, 9.17) is 21.1 Å². The van der Waals surface area contributed by atoms with Crippen LogP contribution in [0.2, 0.25) is 5.02 Å². The quantitative estimate of drug-likeness (QED) is 0.430. The second-order valence-corrected chi connectivity index (χ2v) is 7.74. The Labute approximate surface area is 195 Å². The first-order valence-corrected chi connectivity index (χ1v) is 10.7. The van der Waals surface area contributed by atoms with Crippen molar-refractivity contribution in [2.75, 3.05) is 13.7 Å². The Morgan fingerprint density at radius 2 is 1.82 bits per heavy atom. The minimum atomic E-state index is -0.425. The van der Waals surface area contributed by atoms with Gasteiger partial charge in [-0.05, 0) is 29.8 Å². The fourth-order valence-electron chi connectivity index (χ4n) is 3.44. The Bertz CT molecular complexity index is 1340. The van der Waals surface area contributed by atoms with Crippen molar-refractivity contribution in [3.8, 4) is 11.6 Å². The Morgan fingerprint density at radius 3 is 2.61 bits per heavy atom. The fourth-order valence-corrected chi connectivity index (χ4v) is 3.61. The number of amides is 1. The number of carbonyl (C=O) groups is 1. The summed E-state index contributed by atoms with van der Waals surface area (Å²) in [5.41, 5.74) is 2.48. The van der Waals surface area contributed by atoms with Gasteiger partial charge in [-0.2, -0.15) is 0 Å².